The van der Waals surface area contributed by atoms with Gasteiger partial charge in [-0.3, -0.25) is 0 Å². The molecule has 2 unspecified atom stereocenters. The van der Waals surface area contributed by atoms with Crippen LogP contribution in [0.1, 0.15) is 88.3 Å². The van der Waals surface area contributed by atoms with Crippen molar-refractivity contribution < 1.29 is 4.52 Å². The van der Waals surface area contributed by atoms with Crippen LogP contribution in [0.4, 0.5) is 0 Å². The molecule has 0 aliphatic heterocycles. The number of hydrogen-bond acceptors (Lipinski definition) is 4. The fourth-order valence-electron chi connectivity index (χ4n) is 3.72. The van der Waals surface area contributed by atoms with Gasteiger partial charge < -0.3 is 10.3 Å². The van der Waals surface area contributed by atoms with Crippen molar-refractivity contribution in [1.29, 1.82) is 0 Å². The van der Waals surface area contributed by atoms with E-state index in [9.17, 15) is 0 Å². The lowest BCUT2D eigenvalue weighted by molar-refractivity contribution is 0.309. The molecule has 20 heavy (non-hydrogen) atoms. The van der Waals surface area contributed by atoms with Gasteiger partial charge in [0.2, 0.25) is 5.89 Å². The van der Waals surface area contributed by atoms with Gasteiger partial charge in [0.05, 0.1) is 5.92 Å². The topological polar surface area (TPSA) is 64.9 Å². The van der Waals surface area contributed by atoms with Crippen LogP contribution < -0.4 is 5.73 Å². The fourth-order valence-corrected chi connectivity index (χ4v) is 3.72. The summed E-state index contributed by atoms with van der Waals surface area (Å²) in [5, 5.41) is 4.26. The van der Waals surface area contributed by atoms with Crippen molar-refractivity contribution in [3.8, 4) is 0 Å². The average Bonchev–Trinajstić information content (AvgIpc) is 2.83. The Morgan fingerprint density at radius 1 is 1.00 bits per heavy atom. The summed E-state index contributed by atoms with van der Waals surface area (Å²) in [5.41, 5.74) is 6.29. The van der Waals surface area contributed by atoms with Crippen LogP contribution in [0.25, 0.3) is 0 Å². The molecule has 2 N–H and O–H groups in total. The zero-order valence-corrected chi connectivity index (χ0v) is 12.6. The highest BCUT2D eigenvalue weighted by Crippen LogP contribution is 2.36. The second-order valence-corrected chi connectivity index (χ2v) is 6.86. The van der Waals surface area contributed by atoms with Crippen molar-refractivity contribution in [1.82, 2.24) is 10.1 Å². The van der Waals surface area contributed by atoms with E-state index in [1.54, 1.807) is 0 Å². The molecule has 0 radical (unpaired) electrons. The predicted octanol–water partition coefficient (Wildman–Crippen LogP) is 3.74. The Morgan fingerprint density at radius 3 is 2.55 bits per heavy atom. The molecule has 1 aromatic heterocycles. The van der Waals surface area contributed by atoms with Gasteiger partial charge in [-0.15, -0.1) is 0 Å². The van der Waals surface area contributed by atoms with E-state index in [1.807, 2.05) is 0 Å². The van der Waals surface area contributed by atoms with Gasteiger partial charge in [0.25, 0.3) is 0 Å². The van der Waals surface area contributed by atoms with Crippen molar-refractivity contribution in [3.05, 3.63) is 11.7 Å². The second-order valence-electron chi connectivity index (χ2n) is 6.86. The lowest BCUT2D eigenvalue weighted by atomic mass is 9.83. The minimum Gasteiger partial charge on any atom is -0.339 e. The Kier molecular flexibility index (Phi) is 4.39. The molecule has 0 spiro atoms. The normalized spacial score (nSPS) is 35.7. The maximum Gasteiger partial charge on any atom is 0.231 e. The molecular formula is C16H27N3O. The maximum atomic E-state index is 6.29. The molecule has 2 saturated carbocycles. The van der Waals surface area contributed by atoms with E-state index < -0.39 is 0 Å². The molecule has 2 aliphatic carbocycles. The molecule has 0 amide bonds. The molecule has 0 bridgehead atoms. The lowest BCUT2D eigenvalue weighted by Crippen LogP contribution is -2.27. The van der Waals surface area contributed by atoms with Crippen LogP contribution in [0.3, 0.4) is 0 Å². The molecule has 2 atom stereocenters. The first kappa shape index (κ1) is 14.1. The van der Waals surface area contributed by atoms with E-state index in [-0.39, 0.29) is 12.0 Å². The molecule has 2 fully saturated rings. The standard InChI is InChI=1S/C16H27N3O/c1-11-7-9-12(10-8-11)15-18-16(20-19-15)13-5-3-2-4-6-14(13)17/h11-14H,2-10,17H2,1H3. The summed E-state index contributed by atoms with van der Waals surface area (Å²) in [7, 11) is 0. The van der Waals surface area contributed by atoms with Crippen molar-refractivity contribution in [2.45, 2.75) is 82.6 Å². The molecule has 4 heteroatoms. The predicted molar refractivity (Wildman–Crippen MR) is 78.5 cm³/mol. The van der Waals surface area contributed by atoms with Crippen molar-refractivity contribution in [2.24, 2.45) is 11.7 Å². The highest BCUT2D eigenvalue weighted by Gasteiger charge is 2.29. The van der Waals surface area contributed by atoms with E-state index in [4.69, 9.17) is 15.2 Å². The van der Waals surface area contributed by atoms with Gasteiger partial charge in [0.15, 0.2) is 5.82 Å². The molecule has 1 aromatic rings. The fraction of sp³-hybridized carbons (Fsp3) is 0.875. The minimum atomic E-state index is 0.192. The number of hydrogen-bond donors (Lipinski definition) is 1. The van der Waals surface area contributed by atoms with Crippen LogP contribution in [0.2, 0.25) is 0 Å². The van der Waals surface area contributed by atoms with Gasteiger partial charge in [-0.2, -0.15) is 4.98 Å². The maximum absolute atomic E-state index is 6.29. The van der Waals surface area contributed by atoms with Crippen LogP contribution in [0.5, 0.6) is 0 Å². The molecule has 1 heterocycles. The van der Waals surface area contributed by atoms with E-state index in [0.717, 1.165) is 30.5 Å². The lowest BCUT2D eigenvalue weighted by Gasteiger charge is -2.23. The first-order valence-corrected chi connectivity index (χ1v) is 8.33. The van der Waals surface area contributed by atoms with E-state index in [1.165, 1.54) is 44.9 Å². The van der Waals surface area contributed by atoms with Gasteiger partial charge in [0, 0.05) is 12.0 Å². The summed E-state index contributed by atoms with van der Waals surface area (Å²) in [4.78, 5) is 4.72. The Hall–Kier alpha value is -0.900. The van der Waals surface area contributed by atoms with E-state index in [0.29, 0.717) is 5.92 Å². The molecule has 3 rings (SSSR count). The smallest absolute Gasteiger partial charge is 0.231 e. The number of nitrogens with two attached hydrogens (primary N) is 1. The largest absolute Gasteiger partial charge is 0.339 e. The third-order valence-corrected chi connectivity index (χ3v) is 5.23. The summed E-state index contributed by atoms with van der Waals surface area (Å²) >= 11 is 0. The summed E-state index contributed by atoms with van der Waals surface area (Å²) in [5.74, 6) is 3.37. The average molecular weight is 277 g/mol. The third-order valence-electron chi connectivity index (χ3n) is 5.23. The second kappa shape index (κ2) is 6.25. The first-order chi connectivity index (χ1) is 9.74. The van der Waals surface area contributed by atoms with Crippen LogP contribution >= 0.6 is 0 Å². The van der Waals surface area contributed by atoms with Gasteiger partial charge in [-0.05, 0) is 31.6 Å². The van der Waals surface area contributed by atoms with Crippen molar-refractivity contribution >= 4 is 0 Å². The van der Waals surface area contributed by atoms with Crippen molar-refractivity contribution in [2.75, 3.05) is 0 Å². The van der Waals surface area contributed by atoms with E-state index >= 15 is 0 Å². The Morgan fingerprint density at radius 2 is 1.75 bits per heavy atom. The van der Waals surface area contributed by atoms with Gasteiger partial charge in [-0.1, -0.05) is 44.2 Å². The molecule has 112 valence electrons. The van der Waals surface area contributed by atoms with Gasteiger partial charge in [0.1, 0.15) is 0 Å². The van der Waals surface area contributed by atoms with Crippen LogP contribution in [-0.4, -0.2) is 16.2 Å². The van der Waals surface area contributed by atoms with Crippen molar-refractivity contribution in [3.63, 3.8) is 0 Å². The number of aromatic nitrogens is 2. The number of rotatable bonds is 2. The minimum absolute atomic E-state index is 0.192. The highest BCUT2D eigenvalue weighted by molar-refractivity contribution is 5.03. The van der Waals surface area contributed by atoms with E-state index in [2.05, 4.69) is 12.1 Å². The molecule has 0 saturated heterocycles. The zero-order chi connectivity index (χ0) is 13.9. The Bertz CT molecular complexity index is 423. The van der Waals surface area contributed by atoms with Crippen LogP contribution in [-0.2, 0) is 0 Å². The molecule has 0 aromatic carbocycles. The first-order valence-electron chi connectivity index (χ1n) is 8.33. The SMILES string of the molecule is CC1CCC(c2noc(C3CCCCCC3N)n2)CC1. The summed E-state index contributed by atoms with van der Waals surface area (Å²) < 4.78 is 5.57. The summed E-state index contributed by atoms with van der Waals surface area (Å²) in [6.07, 6.45) is 10.9. The monoisotopic (exact) mass is 277 g/mol. The molecular weight excluding hydrogens is 250 g/mol. The summed E-state index contributed by atoms with van der Waals surface area (Å²) in [6, 6.07) is 0.192. The van der Waals surface area contributed by atoms with Crippen LogP contribution in [0, 0.1) is 5.92 Å². The quantitative estimate of drug-likeness (QED) is 0.836. The molecule has 2 aliphatic rings. The Balaban J connectivity index is 1.69. The molecule has 4 nitrogen and oxygen atoms in total. The Labute approximate surface area is 121 Å². The zero-order valence-electron chi connectivity index (χ0n) is 12.6. The third kappa shape index (κ3) is 3.05. The van der Waals surface area contributed by atoms with Gasteiger partial charge in [-0.25, -0.2) is 0 Å². The highest BCUT2D eigenvalue weighted by atomic mass is 16.5. The van der Waals surface area contributed by atoms with Crippen LogP contribution in [0.15, 0.2) is 4.52 Å². The van der Waals surface area contributed by atoms with Gasteiger partial charge >= 0.3 is 0 Å². The summed E-state index contributed by atoms with van der Waals surface area (Å²) in [6.45, 7) is 2.34. The number of nitrogens with zero attached hydrogens (tertiary/aromatic N) is 2.